The van der Waals surface area contributed by atoms with Crippen molar-refractivity contribution in [2.24, 2.45) is 0 Å². The van der Waals surface area contributed by atoms with Gasteiger partial charge in [-0.2, -0.15) is 0 Å². The summed E-state index contributed by atoms with van der Waals surface area (Å²) in [5, 5.41) is 19.2. The van der Waals surface area contributed by atoms with E-state index in [4.69, 9.17) is 16.0 Å². The van der Waals surface area contributed by atoms with E-state index in [1.165, 1.54) is 0 Å². The van der Waals surface area contributed by atoms with Gasteiger partial charge in [-0.05, 0) is 30.3 Å². The van der Waals surface area contributed by atoms with Crippen molar-refractivity contribution < 1.29 is 14.1 Å². The normalized spacial score (nSPS) is 17.5. The number of halogens is 1. The number of hydrogen-bond acceptors (Lipinski definition) is 7. The van der Waals surface area contributed by atoms with E-state index >= 15 is 0 Å². The Morgan fingerprint density at radius 1 is 1.26 bits per heavy atom. The number of nitrogens with zero attached hydrogens (tertiary/aromatic N) is 2. The fourth-order valence-electron chi connectivity index (χ4n) is 4.45. The van der Waals surface area contributed by atoms with Crippen molar-refractivity contribution in [3.8, 4) is 11.1 Å². The predicted molar refractivity (Wildman–Crippen MR) is 118 cm³/mol. The van der Waals surface area contributed by atoms with Crippen LogP contribution in [0, 0.1) is 10.1 Å². The molecule has 2 aliphatic heterocycles. The number of rotatable bonds is 4. The molecule has 31 heavy (non-hydrogen) atoms. The zero-order valence-corrected chi connectivity index (χ0v) is 17.2. The Kier molecular flexibility index (Phi) is 4.88. The summed E-state index contributed by atoms with van der Waals surface area (Å²) in [5.74, 6) is 0.759. The van der Waals surface area contributed by atoms with Crippen LogP contribution in [0.3, 0.4) is 0 Å². The third-order valence-corrected chi connectivity index (χ3v) is 6.15. The minimum Gasteiger partial charge on any atom is -0.467 e. The molecular formula is C22H19ClN4O4. The molecular weight excluding hydrogens is 420 g/mol. The molecule has 0 radical (unpaired) electrons. The molecule has 1 unspecified atom stereocenters. The monoisotopic (exact) mass is 438 g/mol. The smallest absolute Gasteiger partial charge is 0.275 e. The van der Waals surface area contributed by atoms with E-state index < -0.39 is 0 Å². The van der Waals surface area contributed by atoms with Crippen LogP contribution in [0.2, 0.25) is 5.02 Å². The lowest BCUT2D eigenvalue weighted by atomic mass is 9.89. The summed E-state index contributed by atoms with van der Waals surface area (Å²) in [5.41, 5.74) is 4.52. The molecule has 158 valence electrons. The van der Waals surface area contributed by atoms with Gasteiger partial charge >= 0.3 is 0 Å². The second-order valence-corrected chi connectivity index (χ2v) is 7.98. The number of piperazine rings is 1. The zero-order chi connectivity index (χ0) is 21.5. The average Bonchev–Trinajstić information content (AvgIpc) is 3.27. The summed E-state index contributed by atoms with van der Waals surface area (Å²) in [7, 11) is 0. The predicted octanol–water partition coefficient (Wildman–Crippen LogP) is 4.40. The second-order valence-electron chi connectivity index (χ2n) is 7.57. The minimum atomic E-state index is -0.337. The number of carbonyl (C=O) groups excluding carboxylic acids is 1. The van der Waals surface area contributed by atoms with E-state index in [1.54, 1.807) is 30.5 Å². The third kappa shape index (κ3) is 3.34. The third-order valence-electron chi connectivity index (χ3n) is 5.85. The molecule has 0 bridgehead atoms. The van der Waals surface area contributed by atoms with Crippen LogP contribution in [0.1, 0.15) is 27.7 Å². The van der Waals surface area contributed by atoms with Crippen LogP contribution in [0.15, 0.2) is 47.1 Å². The molecule has 5 rings (SSSR count). The number of carbonyl (C=O) groups is 1. The van der Waals surface area contributed by atoms with Crippen molar-refractivity contribution >= 4 is 34.9 Å². The van der Waals surface area contributed by atoms with Crippen molar-refractivity contribution in [3.63, 3.8) is 0 Å². The summed E-state index contributed by atoms with van der Waals surface area (Å²) in [6.07, 6.45) is 2.37. The van der Waals surface area contributed by atoms with Crippen molar-refractivity contribution in [1.29, 1.82) is 0 Å². The topological polar surface area (TPSA) is 101 Å². The first-order valence-corrected chi connectivity index (χ1v) is 10.3. The van der Waals surface area contributed by atoms with Gasteiger partial charge in [-0.3, -0.25) is 14.9 Å². The number of nitrogens with one attached hydrogen (secondary N) is 2. The highest BCUT2D eigenvalue weighted by Gasteiger charge is 2.34. The summed E-state index contributed by atoms with van der Waals surface area (Å²) in [4.78, 5) is 24.7. The Hall–Kier alpha value is -3.36. The molecule has 2 aliphatic rings. The number of nitro benzene ring substituents is 1. The number of furan rings is 1. The van der Waals surface area contributed by atoms with Gasteiger partial charge in [0.2, 0.25) is 0 Å². The molecule has 0 aliphatic carbocycles. The van der Waals surface area contributed by atoms with Crippen LogP contribution < -0.4 is 15.5 Å². The van der Waals surface area contributed by atoms with Gasteiger partial charge < -0.3 is 20.0 Å². The molecule has 0 amide bonds. The van der Waals surface area contributed by atoms with E-state index in [0.717, 1.165) is 34.5 Å². The average molecular weight is 439 g/mol. The summed E-state index contributed by atoms with van der Waals surface area (Å²) in [6.45, 7) is 2.34. The number of hydrogen-bond donors (Lipinski definition) is 2. The SMILES string of the molecule is O=Cc1ccc(N2CCNC(c3c([N+](=O)[O-])ccc4c3-c3ccoc3CN4)C2)c(Cl)c1. The Morgan fingerprint density at radius 3 is 2.90 bits per heavy atom. The van der Waals surface area contributed by atoms with Crippen LogP contribution >= 0.6 is 11.6 Å². The minimum absolute atomic E-state index is 0.0661. The molecule has 1 aromatic heterocycles. The van der Waals surface area contributed by atoms with Crippen LogP contribution in [-0.2, 0) is 6.54 Å². The quantitative estimate of drug-likeness (QED) is 0.353. The maximum absolute atomic E-state index is 11.9. The molecule has 9 heteroatoms. The summed E-state index contributed by atoms with van der Waals surface area (Å²) in [6, 6.07) is 10.0. The Bertz CT molecular complexity index is 1190. The molecule has 0 spiro atoms. The standard InChI is InChI=1S/C22H19ClN4O4/c23-15-9-13(12-28)1-3-18(15)26-7-6-24-17(11-26)22-19(27(29)30)4-2-16-21(22)14-5-8-31-20(14)10-25-16/h1-5,8-9,12,17,24-25H,6-7,10-11H2. The molecule has 8 nitrogen and oxygen atoms in total. The van der Waals surface area contributed by atoms with Gasteiger partial charge in [0.1, 0.15) is 12.0 Å². The van der Waals surface area contributed by atoms with Crippen LogP contribution in [0.25, 0.3) is 11.1 Å². The number of nitro groups is 1. The van der Waals surface area contributed by atoms with Gasteiger partial charge in [0.05, 0.1) is 40.0 Å². The van der Waals surface area contributed by atoms with E-state index in [-0.39, 0.29) is 16.7 Å². The van der Waals surface area contributed by atoms with Crippen LogP contribution in [0.4, 0.5) is 17.1 Å². The largest absolute Gasteiger partial charge is 0.467 e. The lowest BCUT2D eigenvalue weighted by Crippen LogP contribution is -2.46. The first-order valence-electron chi connectivity index (χ1n) is 9.91. The number of benzene rings is 2. The van der Waals surface area contributed by atoms with Gasteiger partial charge in [-0.15, -0.1) is 0 Å². The van der Waals surface area contributed by atoms with Crippen molar-refractivity contribution in [3.05, 3.63) is 74.7 Å². The van der Waals surface area contributed by atoms with Gasteiger partial charge in [0.25, 0.3) is 5.69 Å². The number of fused-ring (bicyclic) bond motifs is 3. The Morgan fingerprint density at radius 2 is 2.13 bits per heavy atom. The molecule has 1 atom stereocenters. The highest BCUT2D eigenvalue weighted by Crippen LogP contribution is 2.45. The lowest BCUT2D eigenvalue weighted by molar-refractivity contribution is -0.385. The Balaban J connectivity index is 1.59. The molecule has 3 heterocycles. The fourth-order valence-corrected chi connectivity index (χ4v) is 4.76. The zero-order valence-electron chi connectivity index (χ0n) is 16.4. The lowest BCUT2D eigenvalue weighted by Gasteiger charge is -2.37. The van der Waals surface area contributed by atoms with Crippen molar-refractivity contribution in [2.45, 2.75) is 12.6 Å². The second kappa shape index (κ2) is 7.72. The number of aldehydes is 1. The van der Waals surface area contributed by atoms with Crippen LogP contribution in [0.5, 0.6) is 0 Å². The van der Waals surface area contributed by atoms with E-state index in [1.807, 2.05) is 12.1 Å². The molecule has 2 N–H and O–H groups in total. The maximum Gasteiger partial charge on any atom is 0.275 e. The molecule has 2 aromatic carbocycles. The molecule has 1 fully saturated rings. The number of anilines is 2. The van der Waals surface area contributed by atoms with Gasteiger partial charge in [0, 0.05) is 48.1 Å². The summed E-state index contributed by atoms with van der Waals surface area (Å²) < 4.78 is 5.57. The maximum atomic E-state index is 11.9. The molecule has 1 saturated heterocycles. The van der Waals surface area contributed by atoms with Gasteiger partial charge in [-0.25, -0.2) is 0 Å². The first-order chi connectivity index (χ1) is 15.1. The highest BCUT2D eigenvalue weighted by atomic mass is 35.5. The molecule has 0 saturated carbocycles. The first kappa shape index (κ1) is 19.6. The fraction of sp³-hybridized carbons (Fsp3) is 0.227. The Labute approximate surface area is 182 Å². The van der Waals surface area contributed by atoms with E-state index in [2.05, 4.69) is 15.5 Å². The summed E-state index contributed by atoms with van der Waals surface area (Å²) >= 11 is 6.43. The van der Waals surface area contributed by atoms with Crippen LogP contribution in [-0.4, -0.2) is 30.8 Å². The van der Waals surface area contributed by atoms with Crippen molar-refractivity contribution in [2.75, 3.05) is 29.9 Å². The van der Waals surface area contributed by atoms with E-state index in [0.29, 0.717) is 42.3 Å². The van der Waals surface area contributed by atoms with E-state index in [9.17, 15) is 14.9 Å². The van der Waals surface area contributed by atoms with Crippen molar-refractivity contribution in [1.82, 2.24) is 5.32 Å². The van der Waals surface area contributed by atoms with Gasteiger partial charge in [0.15, 0.2) is 0 Å². The highest BCUT2D eigenvalue weighted by molar-refractivity contribution is 6.33. The molecule has 3 aromatic rings. The van der Waals surface area contributed by atoms with Gasteiger partial charge in [-0.1, -0.05) is 11.6 Å².